The molecule has 0 N–H and O–H groups in total. The molecule has 0 radical (unpaired) electrons. The highest BCUT2D eigenvalue weighted by atomic mass is 35.5. The number of amides is 1. The quantitative estimate of drug-likeness (QED) is 0.660. The van der Waals surface area contributed by atoms with Gasteiger partial charge in [-0.15, -0.1) is 0 Å². The number of halogens is 5. The molecule has 2 aliphatic rings. The van der Waals surface area contributed by atoms with Crippen LogP contribution in [-0.4, -0.2) is 33.1 Å². The highest BCUT2D eigenvalue weighted by Gasteiger charge is 2.36. The number of dihydropyridines is 1. The molecule has 4 rings (SSSR count). The predicted molar refractivity (Wildman–Crippen MR) is 98.5 cm³/mol. The van der Waals surface area contributed by atoms with E-state index in [4.69, 9.17) is 11.6 Å². The lowest BCUT2D eigenvalue weighted by atomic mass is 10.1. The van der Waals surface area contributed by atoms with Crippen LogP contribution in [0.1, 0.15) is 39.9 Å². The second-order valence-electron chi connectivity index (χ2n) is 6.77. The second kappa shape index (κ2) is 7.29. The van der Waals surface area contributed by atoms with Gasteiger partial charge in [-0.3, -0.25) is 9.79 Å². The van der Waals surface area contributed by atoms with Gasteiger partial charge in [0.1, 0.15) is 12.0 Å². The number of allylic oxidation sites excluding steroid dienone is 1. The maximum Gasteiger partial charge on any atom is 0.417 e. The standard InChI is InChI=1S/C19H15ClF4N4O/c20-17-12(2-1-3-13(17)19(22,23)24)18(29)27-7-6-15-14(9-27)26-10-28(15)16-5-4-11(21)8-25-16/h1-4,8,10,16H,5-7,9H2. The Morgan fingerprint density at radius 3 is 2.76 bits per heavy atom. The Kier molecular flexibility index (Phi) is 4.94. The first-order valence-corrected chi connectivity index (χ1v) is 9.22. The van der Waals surface area contributed by atoms with Gasteiger partial charge >= 0.3 is 6.18 Å². The molecule has 0 fully saturated rings. The third kappa shape index (κ3) is 3.66. The third-order valence-electron chi connectivity index (χ3n) is 4.98. The number of hydrogen-bond donors (Lipinski definition) is 0. The monoisotopic (exact) mass is 426 g/mol. The fourth-order valence-corrected chi connectivity index (χ4v) is 3.84. The van der Waals surface area contributed by atoms with Gasteiger partial charge in [-0.05, 0) is 18.2 Å². The van der Waals surface area contributed by atoms with Gasteiger partial charge in [0.2, 0.25) is 0 Å². The molecule has 1 amide bonds. The molecule has 10 heteroatoms. The average molecular weight is 427 g/mol. The predicted octanol–water partition coefficient (Wildman–Crippen LogP) is 4.58. The van der Waals surface area contributed by atoms with Gasteiger partial charge in [0, 0.05) is 25.1 Å². The summed E-state index contributed by atoms with van der Waals surface area (Å²) < 4.78 is 54.2. The fraction of sp³-hybridized carbons (Fsp3) is 0.316. The Balaban J connectivity index is 1.56. The minimum absolute atomic E-state index is 0.147. The van der Waals surface area contributed by atoms with Crippen molar-refractivity contribution in [2.24, 2.45) is 4.99 Å². The lowest BCUT2D eigenvalue weighted by Gasteiger charge is -2.29. The van der Waals surface area contributed by atoms with Crippen molar-refractivity contribution in [2.75, 3.05) is 6.54 Å². The molecule has 2 aliphatic heterocycles. The molecule has 0 saturated carbocycles. The topological polar surface area (TPSA) is 50.5 Å². The Bertz CT molecular complexity index is 1030. The first-order chi connectivity index (χ1) is 13.8. The van der Waals surface area contributed by atoms with Crippen LogP contribution in [0.4, 0.5) is 17.6 Å². The highest BCUT2D eigenvalue weighted by molar-refractivity contribution is 6.34. The molecule has 0 bridgehead atoms. The summed E-state index contributed by atoms with van der Waals surface area (Å²) in [5.41, 5.74) is 0.282. The summed E-state index contributed by atoms with van der Waals surface area (Å²) >= 11 is 5.89. The van der Waals surface area contributed by atoms with Crippen molar-refractivity contribution in [3.05, 3.63) is 64.0 Å². The van der Waals surface area contributed by atoms with E-state index in [2.05, 4.69) is 9.98 Å². The van der Waals surface area contributed by atoms with Crippen LogP contribution in [0.2, 0.25) is 5.02 Å². The number of nitrogens with zero attached hydrogens (tertiary/aromatic N) is 4. The summed E-state index contributed by atoms with van der Waals surface area (Å²) in [6.07, 6.45) is 0.104. The van der Waals surface area contributed by atoms with Gasteiger partial charge in [0.05, 0.1) is 40.9 Å². The van der Waals surface area contributed by atoms with E-state index in [1.807, 2.05) is 4.57 Å². The second-order valence-corrected chi connectivity index (χ2v) is 7.15. The number of hydrogen-bond acceptors (Lipinski definition) is 3. The summed E-state index contributed by atoms with van der Waals surface area (Å²) in [7, 11) is 0. The fourth-order valence-electron chi connectivity index (χ4n) is 3.52. The zero-order valence-corrected chi connectivity index (χ0v) is 15.7. The zero-order valence-electron chi connectivity index (χ0n) is 15.0. The highest BCUT2D eigenvalue weighted by Crippen LogP contribution is 2.37. The average Bonchev–Trinajstić information content (AvgIpc) is 3.10. The molecule has 5 nitrogen and oxygen atoms in total. The Hall–Kier alpha value is -2.68. The number of aliphatic imine (C=N–C) groups is 1. The molecule has 2 aromatic rings. The summed E-state index contributed by atoms with van der Waals surface area (Å²) in [5.74, 6) is -0.966. The van der Waals surface area contributed by atoms with Gasteiger partial charge < -0.3 is 9.47 Å². The van der Waals surface area contributed by atoms with Crippen molar-refractivity contribution in [1.29, 1.82) is 0 Å². The van der Waals surface area contributed by atoms with E-state index in [1.54, 1.807) is 6.33 Å². The minimum atomic E-state index is -4.64. The molecule has 29 heavy (non-hydrogen) atoms. The van der Waals surface area contributed by atoms with Crippen LogP contribution in [0.5, 0.6) is 0 Å². The molecule has 1 aromatic heterocycles. The van der Waals surface area contributed by atoms with Gasteiger partial charge in [-0.2, -0.15) is 13.2 Å². The SMILES string of the molecule is O=C(c1cccc(C(F)(F)F)c1Cl)N1CCc2c(ncn2C2CC=C(F)C=N2)C1. The van der Waals surface area contributed by atoms with Gasteiger partial charge in [-0.1, -0.05) is 17.7 Å². The number of carbonyl (C=O) groups excluding carboxylic acids is 1. The van der Waals surface area contributed by atoms with E-state index >= 15 is 0 Å². The van der Waals surface area contributed by atoms with Gasteiger partial charge in [0.15, 0.2) is 0 Å². The Morgan fingerprint density at radius 1 is 1.28 bits per heavy atom. The number of fused-ring (bicyclic) bond motifs is 1. The summed E-state index contributed by atoms with van der Waals surface area (Å²) in [5, 5.41) is -0.605. The molecule has 1 aromatic carbocycles. The number of alkyl halides is 3. The number of rotatable bonds is 2. The first kappa shape index (κ1) is 19.6. The van der Waals surface area contributed by atoms with Crippen molar-refractivity contribution in [3.8, 4) is 0 Å². The molecule has 3 heterocycles. The van der Waals surface area contributed by atoms with Crippen molar-refractivity contribution in [2.45, 2.75) is 31.7 Å². The largest absolute Gasteiger partial charge is 0.417 e. The molecular formula is C19H15ClF4N4O. The number of imidazole rings is 1. The zero-order chi connectivity index (χ0) is 20.8. The number of carbonyl (C=O) groups is 1. The van der Waals surface area contributed by atoms with E-state index in [0.717, 1.165) is 18.0 Å². The van der Waals surface area contributed by atoms with Gasteiger partial charge in [-0.25, -0.2) is 9.37 Å². The summed E-state index contributed by atoms with van der Waals surface area (Å²) in [6, 6.07) is 3.29. The van der Waals surface area contributed by atoms with Crippen LogP contribution < -0.4 is 0 Å². The van der Waals surface area contributed by atoms with Crippen LogP contribution in [0, 0.1) is 0 Å². The summed E-state index contributed by atoms with van der Waals surface area (Å²) in [4.78, 5) is 22.7. The Labute approximate surface area is 168 Å². The van der Waals surface area contributed by atoms with Crippen molar-refractivity contribution >= 4 is 23.7 Å². The van der Waals surface area contributed by atoms with Crippen molar-refractivity contribution in [3.63, 3.8) is 0 Å². The smallest absolute Gasteiger partial charge is 0.332 e. The molecule has 0 saturated heterocycles. The number of aromatic nitrogens is 2. The van der Waals surface area contributed by atoms with Crippen LogP contribution in [-0.2, 0) is 19.1 Å². The third-order valence-corrected chi connectivity index (χ3v) is 5.39. The van der Waals surface area contributed by atoms with Crippen LogP contribution in [0.25, 0.3) is 0 Å². The normalized spacial score (nSPS) is 19.1. The lowest BCUT2D eigenvalue weighted by molar-refractivity contribution is -0.137. The van der Waals surface area contributed by atoms with Crippen LogP contribution in [0.3, 0.4) is 0 Å². The minimum Gasteiger partial charge on any atom is -0.332 e. The van der Waals surface area contributed by atoms with E-state index in [9.17, 15) is 22.4 Å². The molecule has 1 atom stereocenters. The van der Waals surface area contributed by atoms with Crippen LogP contribution >= 0.6 is 11.6 Å². The number of benzene rings is 1. The maximum atomic E-state index is 13.1. The molecule has 0 aliphatic carbocycles. The van der Waals surface area contributed by atoms with E-state index < -0.39 is 22.7 Å². The Morgan fingerprint density at radius 2 is 2.07 bits per heavy atom. The summed E-state index contributed by atoms with van der Waals surface area (Å²) in [6.45, 7) is 0.444. The van der Waals surface area contributed by atoms with Crippen molar-refractivity contribution < 1.29 is 22.4 Å². The van der Waals surface area contributed by atoms with E-state index in [-0.39, 0.29) is 24.1 Å². The van der Waals surface area contributed by atoms with Crippen molar-refractivity contribution in [1.82, 2.24) is 14.5 Å². The van der Waals surface area contributed by atoms with E-state index in [1.165, 1.54) is 23.1 Å². The van der Waals surface area contributed by atoms with E-state index in [0.29, 0.717) is 25.1 Å². The molecule has 0 spiro atoms. The molecule has 1 unspecified atom stereocenters. The molecular weight excluding hydrogens is 412 g/mol. The van der Waals surface area contributed by atoms with Crippen LogP contribution in [0.15, 0.2) is 41.4 Å². The lowest BCUT2D eigenvalue weighted by Crippen LogP contribution is -2.37. The maximum absolute atomic E-state index is 13.1. The van der Waals surface area contributed by atoms with Gasteiger partial charge in [0.25, 0.3) is 5.91 Å². The first-order valence-electron chi connectivity index (χ1n) is 8.84. The molecule has 152 valence electrons.